The molecule has 0 nitrogen and oxygen atoms in total. The molecule has 0 saturated carbocycles. The van der Waals surface area contributed by atoms with Gasteiger partial charge in [0, 0.05) is 0 Å². The zero-order valence-corrected chi connectivity index (χ0v) is 22.4. The third-order valence-corrected chi connectivity index (χ3v) is 31.7. The summed E-state index contributed by atoms with van der Waals surface area (Å²) in [5.41, 5.74) is 5.84. The monoisotopic (exact) mass is 470 g/mol. The summed E-state index contributed by atoms with van der Waals surface area (Å²) in [6.07, 6.45) is 13.2. The van der Waals surface area contributed by atoms with Gasteiger partial charge in [-0.25, -0.2) is 0 Å². The van der Waals surface area contributed by atoms with Gasteiger partial charge in [-0.2, -0.15) is 0 Å². The first kappa shape index (κ1) is 21.6. The average molecular weight is 471 g/mol. The van der Waals surface area contributed by atoms with Crippen LogP contribution in [-0.4, -0.2) is 7.63 Å². The van der Waals surface area contributed by atoms with Crippen LogP contribution in [-0.2, 0) is 20.9 Å². The Morgan fingerprint density at radius 3 is 1.91 bits per heavy atom. The second kappa shape index (κ2) is 6.44. The van der Waals surface area contributed by atoms with Crippen LogP contribution in [0.5, 0.6) is 0 Å². The molecule has 0 N–H and O–H groups in total. The Kier molecular flexibility index (Phi) is 4.36. The average Bonchev–Trinajstić information content (AvgIpc) is 3.47. The molecule has 32 heavy (non-hydrogen) atoms. The third-order valence-electron chi connectivity index (χ3n) is 9.20. The molecule has 0 amide bonds. The molecular weight excluding hydrogens is 436 g/mol. The van der Waals surface area contributed by atoms with Gasteiger partial charge in [0.2, 0.25) is 0 Å². The van der Waals surface area contributed by atoms with Crippen molar-refractivity contribution < 1.29 is 11.5 Å². The molecular formula is C30H34SiTi. The van der Waals surface area contributed by atoms with Crippen LogP contribution < -0.4 is 0 Å². The number of rotatable bonds is 6. The normalized spacial score (nSPS) is 20.6. The molecule has 0 aliphatic heterocycles. The Balaban J connectivity index is 1.90. The summed E-state index contributed by atoms with van der Waals surface area (Å²) in [6.45, 7) is 0. The van der Waals surface area contributed by atoms with E-state index < -0.39 is 11.5 Å². The summed E-state index contributed by atoms with van der Waals surface area (Å²) in [5.74, 6) is 0. The van der Waals surface area contributed by atoms with E-state index in [1.165, 1.54) is 22.3 Å². The summed E-state index contributed by atoms with van der Waals surface area (Å²) in [6, 6.07) is 31.6. The van der Waals surface area contributed by atoms with Crippen LogP contribution in [0.15, 0.2) is 113 Å². The summed E-state index contributed by atoms with van der Waals surface area (Å²) in [4.78, 5) is 0. The molecule has 3 aromatic rings. The fourth-order valence-corrected chi connectivity index (χ4v) is 28.3. The minimum atomic E-state index is -4.66. The maximum absolute atomic E-state index is 4.66. The van der Waals surface area contributed by atoms with Crippen LogP contribution in [0.1, 0.15) is 32.9 Å². The molecule has 162 valence electrons. The molecule has 0 aromatic heterocycles. The Hall–Kier alpha value is -2.19. The van der Waals surface area contributed by atoms with Gasteiger partial charge in [-0.3, -0.25) is 0 Å². The molecule has 0 fully saturated rings. The second-order valence-electron chi connectivity index (χ2n) is 12.9. The molecule has 0 spiro atoms. The quantitative estimate of drug-likeness (QED) is 0.329. The van der Waals surface area contributed by atoms with Gasteiger partial charge in [-0.1, -0.05) is 0 Å². The van der Waals surface area contributed by atoms with E-state index in [-0.39, 0.29) is 0 Å². The van der Waals surface area contributed by atoms with E-state index in [1.54, 1.807) is 3.88 Å². The number of benzene rings is 3. The van der Waals surface area contributed by atoms with Crippen LogP contribution in [0, 0.1) is 0 Å². The van der Waals surface area contributed by atoms with Gasteiger partial charge in [-0.15, -0.1) is 0 Å². The summed E-state index contributed by atoms with van der Waals surface area (Å²) >= 11 is -4.66. The van der Waals surface area contributed by atoms with E-state index in [2.05, 4.69) is 133 Å². The molecule has 0 radical (unpaired) electrons. The Bertz CT molecular complexity index is 1360. The van der Waals surface area contributed by atoms with Crippen molar-refractivity contribution in [3.8, 4) is 0 Å². The third kappa shape index (κ3) is 3.06. The summed E-state index contributed by atoms with van der Waals surface area (Å²) < 4.78 is 4.36. The molecule has 1 unspecified atom stereocenters. The minimum absolute atomic E-state index is 0.411. The Labute approximate surface area is 190 Å². The van der Waals surface area contributed by atoms with E-state index >= 15 is 0 Å². The molecule has 0 saturated heterocycles. The first-order valence-electron chi connectivity index (χ1n) is 11.9. The van der Waals surface area contributed by atoms with Gasteiger partial charge in [0.1, 0.15) is 0 Å². The van der Waals surface area contributed by atoms with Crippen molar-refractivity contribution in [2.45, 2.75) is 30.6 Å². The maximum atomic E-state index is 2.77. The molecule has 1 atom stereocenters. The van der Waals surface area contributed by atoms with Gasteiger partial charge in [0.15, 0.2) is 0 Å². The first-order valence-corrected chi connectivity index (χ1v) is 22.9. The molecule has 3 aromatic carbocycles. The molecule has 0 bridgehead atoms. The van der Waals surface area contributed by atoms with Gasteiger partial charge in [-0.05, 0) is 0 Å². The van der Waals surface area contributed by atoms with Gasteiger partial charge >= 0.3 is 191 Å². The number of allylic oxidation sites excluding steroid dienone is 5. The molecule has 2 aliphatic carbocycles. The van der Waals surface area contributed by atoms with Crippen molar-refractivity contribution in [1.29, 1.82) is 0 Å². The first-order chi connectivity index (χ1) is 15.2. The summed E-state index contributed by atoms with van der Waals surface area (Å²) in [7, 11) is 2.44. The Morgan fingerprint density at radius 2 is 1.34 bits per heavy atom. The van der Waals surface area contributed by atoms with Crippen molar-refractivity contribution >= 4 is 13.7 Å². The molecule has 5 rings (SSSR count). The van der Waals surface area contributed by atoms with Crippen LogP contribution in [0.4, 0.5) is 0 Å². The summed E-state index contributed by atoms with van der Waals surface area (Å²) in [5, 5.41) is 5.54. The van der Waals surface area contributed by atoms with E-state index in [4.69, 9.17) is 0 Å². The van der Waals surface area contributed by atoms with Crippen molar-refractivity contribution in [3.05, 3.63) is 135 Å². The number of hydrogen-bond acceptors (Lipinski definition) is 0. The van der Waals surface area contributed by atoms with E-state index in [9.17, 15) is 0 Å². The van der Waals surface area contributed by atoms with Crippen LogP contribution in [0.2, 0.25) is 10.5 Å². The van der Waals surface area contributed by atoms with Crippen LogP contribution in [0.3, 0.4) is 0 Å². The Morgan fingerprint density at radius 1 is 0.781 bits per heavy atom. The fourth-order valence-electron chi connectivity index (χ4n) is 7.47. The standard InChI is InChI=1S/C9H7.2C7H7.C5H5.2CH3.H2Si.Ti/c1-2-5-9-7-3-6-8(9)4-1;2*1-7-5-3-2-4-6-7;1-2-4-5-3-1;;;;/h1-7H;2*2-6H,1H2;1-3H,4H2;2*1H3;1H2;. The second-order valence-corrected chi connectivity index (χ2v) is 46.9. The predicted octanol–water partition coefficient (Wildman–Crippen LogP) is 7.40. The molecule has 2 heteroatoms. The predicted molar refractivity (Wildman–Crippen MR) is 141 cm³/mol. The van der Waals surface area contributed by atoms with Gasteiger partial charge in [0.25, 0.3) is 0 Å². The van der Waals surface area contributed by atoms with Crippen molar-refractivity contribution in [2.24, 2.45) is 0 Å². The zero-order valence-electron chi connectivity index (χ0n) is 19.4. The van der Waals surface area contributed by atoms with Crippen molar-refractivity contribution in [2.75, 3.05) is 0 Å². The number of hydrogen-bond donors (Lipinski definition) is 0. The van der Waals surface area contributed by atoms with Crippen LogP contribution >= 0.6 is 0 Å². The zero-order chi connectivity index (χ0) is 22.4. The van der Waals surface area contributed by atoms with Gasteiger partial charge in [0.05, 0.1) is 0 Å². The van der Waals surface area contributed by atoms with E-state index in [0.717, 1.165) is 15.9 Å². The topological polar surface area (TPSA) is 0 Å². The number of fused-ring (bicyclic) bond motifs is 1. The SMILES string of the molecule is [CH3][Ti]([CH3])(=[SiH2])([CH2]c1ccccc1)([CH2]c1ccccc1)([C]1=CC=CC1)[CH]1C=Cc2ccccc21. The van der Waals surface area contributed by atoms with Crippen molar-refractivity contribution in [1.82, 2.24) is 0 Å². The van der Waals surface area contributed by atoms with Crippen molar-refractivity contribution in [3.63, 3.8) is 0 Å². The fraction of sp³-hybridized carbons (Fsp3) is 0.200. The van der Waals surface area contributed by atoms with Gasteiger partial charge < -0.3 is 0 Å². The van der Waals surface area contributed by atoms with E-state index in [1.807, 2.05) is 0 Å². The van der Waals surface area contributed by atoms with Crippen LogP contribution in [0.25, 0.3) is 6.08 Å². The van der Waals surface area contributed by atoms with E-state index in [0.29, 0.717) is 4.22 Å². The molecule has 0 heterocycles. The molecule has 2 aliphatic rings.